The van der Waals surface area contributed by atoms with E-state index in [1.807, 2.05) is 48.5 Å². The van der Waals surface area contributed by atoms with Crippen molar-refractivity contribution in [3.63, 3.8) is 0 Å². The second-order valence-corrected chi connectivity index (χ2v) is 18.6. The number of nitrogens with zero attached hydrogens (tertiary/aromatic N) is 4. The Morgan fingerprint density at radius 3 is 0.878 bits per heavy atom. The summed E-state index contributed by atoms with van der Waals surface area (Å²) < 4.78 is 13.0. The van der Waals surface area contributed by atoms with Crippen LogP contribution in [0, 0.1) is 0 Å². The van der Waals surface area contributed by atoms with Crippen LogP contribution in [0.4, 0.5) is 0 Å². The highest BCUT2D eigenvalue weighted by molar-refractivity contribution is 6.08. The van der Waals surface area contributed by atoms with Crippen LogP contribution in [0.3, 0.4) is 0 Å². The van der Waals surface area contributed by atoms with E-state index in [9.17, 15) is 0 Å². The van der Waals surface area contributed by atoms with Crippen molar-refractivity contribution in [1.82, 2.24) is 19.9 Å². The van der Waals surface area contributed by atoms with Gasteiger partial charge in [0.25, 0.3) is 0 Å². The lowest BCUT2D eigenvalue weighted by Gasteiger charge is -2.11. The highest BCUT2D eigenvalue weighted by Gasteiger charge is 2.21. The van der Waals surface area contributed by atoms with Gasteiger partial charge < -0.3 is 8.83 Å². The second-order valence-electron chi connectivity index (χ2n) is 18.6. The van der Waals surface area contributed by atoms with Crippen molar-refractivity contribution in [2.45, 2.75) is 0 Å². The number of rotatable bonds is 9. The lowest BCUT2D eigenvalue weighted by molar-refractivity contribution is 0.667. The first-order valence-corrected chi connectivity index (χ1v) is 24.8. The first-order valence-electron chi connectivity index (χ1n) is 24.8. The lowest BCUT2D eigenvalue weighted by Crippen LogP contribution is -1.94. The number of hydrogen-bond donors (Lipinski definition) is 0. The fourth-order valence-corrected chi connectivity index (χ4v) is 10.2. The van der Waals surface area contributed by atoms with Crippen LogP contribution < -0.4 is 0 Å². The molecule has 0 saturated heterocycles. The summed E-state index contributed by atoms with van der Waals surface area (Å²) in [4.78, 5) is 20.8. The van der Waals surface area contributed by atoms with Crippen molar-refractivity contribution in [2.75, 3.05) is 0 Å². The molecular formula is C68H42N4O2. The van der Waals surface area contributed by atoms with E-state index in [1.165, 1.54) is 0 Å². The van der Waals surface area contributed by atoms with E-state index in [0.29, 0.717) is 22.8 Å². The van der Waals surface area contributed by atoms with Gasteiger partial charge in [-0.2, -0.15) is 0 Å². The minimum absolute atomic E-state index is 0.635. The topological polar surface area (TPSA) is 77.8 Å². The highest BCUT2D eigenvalue weighted by Crippen LogP contribution is 2.40. The molecule has 346 valence electrons. The third-order valence-electron chi connectivity index (χ3n) is 13.9. The number of aromatic nitrogens is 4. The minimum Gasteiger partial charge on any atom is -0.452 e. The van der Waals surface area contributed by atoms with Crippen molar-refractivity contribution in [1.29, 1.82) is 0 Å². The Hall–Kier alpha value is -10.0. The van der Waals surface area contributed by atoms with Crippen LogP contribution in [-0.4, -0.2) is 19.9 Å². The molecular weight excluding hydrogens is 905 g/mol. The molecule has 0 radical (unpaired) electrons. The maximum absolute atomic E-state index is 6.48. The summed E-state index contributed by atoms with van der Waals surface area (Å²) in [5.41, 5.74) is 20.9. The molecule has 0 fully saturated rings. The van der Waals surface area contributed by atoms with Gasteiger partial charge in [0.2, 0.25) is 0 Å². The van der Waals surface area contributed by atoms with Gasteiger partial charge in [-0.1, -0.05) is 206 Å². The number of hydrogen-bond acceptors (Lipinski definition) is 6. The molecule has 14 aromatic rings. The lowest BCUT2D eigenvalue weighted by atomic mass is 9.95. The molecule has 10 aromatic carbocycles. The Morgan fingerprint density at radius 2 is 0.500 bits per heavy atom. The van der Waals surface area contributed by atoms with Crippen LogP contribution in [0.25, 0.3) is 145 Å². The molecule has 0 aliphatic rings. The van der Waals surface area contributed by atoms with Crippen molar-refractivity contribution in [3.8, 4) is 101 Å². The molecule has 0 N–H and O–H groups in total. The summed E-state index contributed by atoms with van der Waals surface area (Å²) in [5, 5.41) is 1.92. The molecule has 0 aliphatic heterocycles. The Morgan fingerprint density at radius 1 is 0.216 bits per heavy atom. The molecule has 14 rings (SSSR count). The van der Waals surface area contributed by atoms with E-state index in [1.54, 1.807) is 0 Å². The van der Waals surface area contributed by atoms with E-state index in [4.69, 9.17) is 28.8 Å². The largest absolute Gasteiger partial charge is 0.452 e. The molecule has 0 amide bonds. The standard InChI is InChI=1S/C68H42N4O2/c1-3-15-43(16-4-1)45-31-35-47(36-32-45)61-65-63(57-27-7-9-29-59(57)73-65)71-67(69-61)55-25-13-23-53(41-55)51-21-11-19-49(39-51)50-20-12-22-52(40-50)54-24-14-26-56(42-54)68-70-62(66-64(72-68)58-28-8-10-30-60(58)74-66)48-37-33-46(34-38-48)44-17-5-2-6-18-44/h1-42H. The maximum atomic E-state index is 6.48. The molecule has 4 aromatic heterocycles. The summed E-state index contributed by atoms with van der Waals surface area (Å²) >= 11 is 0. The summed E-state index contributed by atoms with van der Waals surface area (Å²) in [6, 6.07) is 88.4. The monoisotopic (exact) mass is 946 g/mol. The quantitative estimate of drug-likeness (QED) is 0.143. The first-order chi connectivity index (χ1) is 36.6. The normalized spacial score (nSPS) is 11.5. The molecule has 74 heavy (non-hydrogen) atoms. The van der Waals surface area contributed by atoms with Crippen LogP contribution in [-0.2, 0) is 0 Å². The van der Waals surface area contributed by atoms with Gasteiger partial charge in [-0.3, -0.25) is 0 Å². The van der Waals surface area contributed by atoms with Gasteiger partial charge in [-0.15, -0.1) is 0 Å². The Labute approximate surface area is 426 Å². The van der Waals surface area contributed by atoms with Gasteiger partial charge in [0.15, 0.2) is 22.8 Å². The molecule has 6 nitrogen and oxygen atoms in total. The molecule has 0 atom stereocenters. The zero-order valence-electron chi connectivity index (χ0n) is 39.9. The van der Waals surface area contributed by atoms with Gasteiger partial charge >= 0.3 is 0 Å². The van der Waals surface area contributed by atoms with Crippen molar-refractivity contribution in [2.24, 2.45) is 0 Å². The molecule has 0 unspecified atom stereocenters. The van der Waals surface area contributed by atoms with E-state index in [0.717, 1.165) is 122 Å². The van der Waals surface area contributed by atoms with Gasteiger partial charge in [-0.05, 0) is 104 Å². The number of fused-ring (bicyclic) bond motifs is 6. The van der Waals surface area contributed by atoms with Crippen molar-refractivity contribution < 1.29 is 8.83 Å². The third kappa shape index (κ3) is 7.79. The molecule has 0 bridgehead atoms. The minimum atomic E-state index is 0.635. The zero-order chi connectivity index (χ0) is 49.0. The van der Waals surface area contributed by atoms with Crippen LogP contribution >= 0.6 is 0 Å². The SMILES string of the molecule is c1ccc(-c2ccc(-c3nc(-c4cccc(-c5cccc(-c6cccc(-c7cccc(-c8nc(-c9ccc(-c%10ccccc%10)cc9)c9oc%10ccccc%10c9n8)c7)c6)c5)c4)nc4c3oc3ccccc34)cc2)cc1. The second kappa shape index (κ2) is 18.0. The summed E-state index contributed by atoms with van der Waals surface area (Å²) in [5.74, 6) is 1.27. The zero-order valence-corrected chi connectivity index (χ0v) is 39.9. The summed E-state index contributed by atoms with van der Waals surface area (Å²) in [6.07, 6.45) is 0. The molecule has 4 heterocycles. The predicted octanol–water partition coefficient (Wildman–Crippen LogP) is 18.1. The Balaban J connectivity index is 0.792. The molecule has 0 spiro atoms. The molecule has 0 saturated carbocycles. The summed E-state index contributed by atoms with van der Waals surface area (Å²) in [7, 11) is 0. The average molecular weight is 947 g/mol. The van der Waals surface area contributed by atoms with Gasteiger partial charge in [0.05, 0.1) is 0 Å². The molecule has 0 aliphatic carbocycles. The Kier molecular flexibility index (Phi) is 10.4. The van der Waals surface area contributed by atoms with Crippen LogP contribution in [0.5, 0.6) is 0 Å². The van der Waals surface area contributed by atoms with Gasteiger partial charge in [0, 0.05) is 33.0 Å². The third-order valence-corrected chi connectivity index (χ3v) is 13.9. The van der Waals surface area contributed by atoms with E-state index < -0.39 is 0 Å². The van der Waals surface area contributed by atoms with Crippen LogP contribution in [0.15, 0.2) is 264 Å². The highest BCUT2D eigenvalue weighted by atomic mass is 16.3. The summed E-state index contributed by atoms with van der Waals surface area (Å²) in [6.45, 7) is 0. The van der Waals surface area contributed by atoms with Gasteiger partial charge in [0.1, 0.15) is 33.6 Å². The predicted molar refractivity (Wildman–Crippen MR) is 301 cm³/mol. The number of furan rings is 2. The van der Waals surface area contributed by atoms with Crippen LogP contribution in [0.2, 0.25) is 0 Å². The van der Waals surface area contributed by atoms with E-state index in [-0.39, 0.29) is 0 Å². The van der Waals surface area contributed by atoms with Crippen LogP contribution in [0.1, 0.15) is 0 Å². The van der Waals surface area contributed by atoms with Gasteiger partial charge in [-0.25, -0.2) is 19.9 Å². The number of benzene rings is 10. The first kappa shape index (κ1) is 42.8. The average Bonchev–Trinajstić information content (AvgIpc) is 4.06. The van der Waals surface area contributed by atoms with Crippen molar-refractivity contribution >= 4 is 44.1 Å². The fourth-order valence-electron chi connectivity index (χ4n) is 10.2. The maximum Gasteiger partial charge on any atom is 0.180 e. The fraction of sp³-hybridized carbons (Fsp3) is 0. The van der Waals surface area contributed by atoms with E-state index >= 15 is 0 Å². The molecule has 6 heteroatoms. The van der Waals surface area contributed by atoms with E-state index in [2.05, 4.69) is 206 Å². The smallest absolute Gasteiger partial charge is 0.180 e. The Bertz CT molecular complexity index is 4120. The van der Waals surface area contributed by atoms with Crippen molar-refractivity contribution in [3.05, 3.63) is 255 Å². The number of para-hydroxylation sites is 2.